The molecule has 0 saturated carbocycles. The van der Waals surface area contributed by atoms with Crippen LogP contribution in [0.3, 0.4) is 0 Å². The number of hydrogen-bond acceptors (Lipinski definition) is 2. The minimum atomic E-state index is 0.0328. The van der Waals surface area contributed by atoms with Crippen molar-refractivity contribution in [2.75, 3.05) is 0 Å². The molecule has 0 saturated heterocycles. The van der Waals surface area contributed by atoms with Gasteiger partial charge >= 0.3 is 0 Å². The molecule has 2 heteroatoms. The number of fused-ring (bicyclic) bond motifs is 1. The van der Waals surface area contributed by atoms with E-state index in [2.05, 4.69) is 0 Å². The molecule has 0 amide bonds. The molecule has 14 heavy (non-hydrogen) atoms. The summed E-state index contributed by atoms with van der Waals surface area (Å²) in [6, 6.07) is 9.31. The number of aliphatic hydroxyl groups excluding tert-OH is 1. The summed E-state index contributed by atoms with van der Waals surface area (Å²) >= 11 is 0. The Balaban J connectivity index is 2.78. The van der Waals surface area contributed by atoms with Crippen molar-refractivity contribution in [2.45, 2.75) is 13.5 Å². The van der Waals surface area contributed by atoms with Crippen LogP contribution in [0.1, 0.15) is 11.1 Å². The van der Waals surface area contributed by atoms with Crippen LogP contribution >= 0.6 is 0 Å². The van der Waals surface area contributed by atoms with E-state index in [0.29, 0.717) is 5.75 Å². The Hall–Kier alpha value is -1.54. The monoisotopic (exact) mass is 188 g/mol. The zero-order valence-electron chi connectivity index (χ0n) is 7.99. The normalized spacial score (nSPS) is 10.7. The number of phenolic OH excluding ortho intramolecular Hbond substituents is 1. The van der Waals surface area contributed by atoms with Crippen molar-refractivity contribution in [2.24, 2.45) is 0 Å². The standard InChI is InChI=1S/C12H12O2/c1-8-11-6-9(7-13)2-3-10(11)4-5-12(8)14/h2-6,13-14H,7H2,1H3. The van der Waals surface area contributed by atoms with E-state index in [0.717, 1.165) is 21.9 Å². The van der Waals surface area contributed by atoms with Crippen LogP contribution in [0.2, 0.25) is 0 Å². The maximum atomic E-state index is 9.52. The average molecular weight is 188 g/mol. The molecular weight excluding hydrogens is 176 g/mol. The van der Waals surface area contributed by atoms with Gasteiger partial charge in [-0.2, -0.15) is 0 Å². The first-order valence-corrected chi connectivity index (χ1v) is 4.54. The molecule has 0 aliphatic carbocycles. The zero-order chi connectivity index (χ0) is 10.1. The number of rotatable bonds is 1. The number of aliphatic hydroxyl groups is 1. The van der Waals surface area contributed by atoms with Crippen molar-refractivity contribution in [3.63, 3.8) is 0 Å². The van der Waals surface area contributed by atoms with E-state index in [9.17, 15) is 5.11 Å². The van der Waals surface area contributed by atoms with Gasteiger partial charge in [0.05, 0.1) is 6.61 Å². The van der Waals surface area contributed by atoms with Gasteiger partial charge in [-0.05, 0) is 41.0 Å². The van der Waals surface area contributed by atoms with Crippen LogP contribution in [-0.2, 0) is 6.61 Å². The lowest BCUT2D eigenvalue weighted by atomic mass is 10.0. The highest BCUT2D eigenvalue weighted by atomic mass is 16.3. The maximum Gasteiger partial charge on any atom is 0.119 e. The van der Waals surface area contributed by atoms with Crippen LogP contribution in [0.4, 0.5) is 0 Å². The lowest BCUT2D eigenvalue weighted by molar-refractivity contribution is 0.282. The van der Waals surface area contributed by atoms with Crippen molar-refractivity contribution in [3.05, 3.63) is 41.5 Å². The van der Waals surface area contributed by atoms with Gasteiger partial charge in [0.25, 0.3) is 0 Å². The molecule has 0 aliphatic heterocycles. The van der Waals surface area contributed by atoms with Gasteiger partial charge in [-0.3, -0.25) is 0 Å². The SMILES string of the molecule is Cc1c(O)ccc2ccc(CO)cc12. The highest BCUT2D eigenvalue weighted by molar-refractivity contribution is 5.88. The molecule has 72 valence electrons. The molecule has 0 aliphatic rings. The fourth-order valence-corrected chi connectivity index (χ4v) is 1.60. The second kappa shape index (κ2) is 3.31. The molecule has 2 rings (SSSR count). The molecule has 2 nitrogen and oxygen atoms in total. The summed E-state index contributed by atoms with van der Waals surface area (Å²) in [5, 5.41) is 20.6. The van der Waals surface area contributed by atoms with Crippen molar-refractivity contribution in [1.82, 2.24) is 0 Å². The molecule has 0 radical (unpaired) electrons. The quantitative estimate of drug-likeness (QED) is 0.721. The Kier molecular flexibility index (Phi) is 2.14. The van der Waals surface area contributed by atoms with Crippen LogP contribution < -0.4 is 0 Å². The number of benzene rings is 2. The lowest BCUT2D eigenvalue weighted by Gasteiger charge is -2.05. The van der Waals surface area contributed by atoms with E-state index in [4.69, 9.17) is 5.11 Å². The summed E-state index contributed by atoms with van der Waals surface area (Å²) in [5.41, 5.74) is 1.73. The first kappa shape index (κ1) is 9.03. The smallest absolute Gasteiger partial charge is 0.119 e. The van der Waals surface area contributed by atoms with Crippen LogP contribution in [0.25, 0.3) is 10.8 Å². The highest BCUT2D eigenvalue weighted by Gasteiger charge is 2.02. The van der Waals surface area contributed by atoms with E-state index >= 15 is 0 Å². The summed E-state index contributed by atoms with van der Waals surface area (Å²) in [6.07, 6.45) is 0. The fraction of sp³-hybridized carbons (Fsp3) is 0.167. The summed E-state index contributed by atoms with van der Waals surface area (Å²) in [7, 11) is 0. The summed E-state index contributed by atoms with van der Waals surface area (Å²) in [6.45, 7) is 1.91. The molecule has 0 spiro atoms. The van der Waals surface area contributed by atoms with E-state index in [1.165, 1.54) is 0 Å². The molecule has 2 N–H and O–H groups in total. The molecule has 2 aromatic rings. The van der Waals surface area contributed by atoms with E-state index in [1.807, 2.05) is 31.2 Å². The third kappa shape index (κ3) is 1.34. The van der Waals surface area contributed by atoms with Crippen molar-refractivity contribution in [3.8, 4) is 5.75 Å². The van der Waals surface area contributed by atoms with E-state index in [1.54, 1.807) is 6.07 Å². The summed E-state index contributed by atoms with van der Waals surface area (Å²) < 4.78 is 0. The predicted molar refractivity (Wildman–Crippen MR) is 56.3 cm³/mol. The number of aromatic hydroxyl groups is 1. The summed E-state index contributed by atoms with van der Waals surface area (Å²) in [4.78, 5) is 0. The molecule has 0 atom stereocenters. The lowest BCUT2D eigenvalue weighted by Crippen LogP contribution is -1.85. The minimum Gasteiger partial charge on any atom is -0.508 e. The van der Waals surface area contributed by atoms with E-state index < -0.39 is 0 Å². The van der Waals surface area contributed by atoms with Crippen molar-refractivity contribution < 1.29 is 10.2 Å². The van der Waals surface area contributed by atoms with Gasteiger partial charge in [-0.25, -0.2) is 0 Å². The first-order chi connectivity index (χ1) is 6.72. The molecule has 0 unspecified atom stereocenters. The third-order valence-corrected chi connectivity index (χ3v) is 2.51. The molecule has 0 heterocycles. The Morgan fingerprint density at radius 2 is 1.86 bits per heavy atom. The first-order valence-electron chi connectivity index (χ1n) is 4.54. The van der Waals surface area contributed by atoms with Gasteiger partial charge < -0.3 is 10.2 Å². The van der Waals surface area contributed by atoms with Crippen LogP contribution in [-0.4, -0.2) is 10.2 Å². The predicted octanol–water partition coefficient (Wildman–Crippen LogP) is 2.35. The molecule has 0 fully saturated rings. The molecular formula is C12H12O2. The van der Waals surface area contributed by atoms with Gasteiger partial charge in [-0.1, -0.05) is 18.2 Å². The average Bonchev–Trinajstić information content (AvgIpc) is 2.23. The second-order valence-corrected chi connectivity index (χ2v) is 3.42. The van der Waals surface area contributed by atoms with Crippen LogP contribution in [0.5, 0.6) is 5.75 Å². The molecule has 0 aromatic heterocycles. The van der Waals surface area contributed by atoms with Gasteiger partial charge in [0.2, 0.25) is 0 Å². The Morgan fingerprint density at radius 3 is 2.57 bits per heavy atom. The number of aryl methyl sites for hydroxylation is 1. The van der Waals surface area contributed by atoms with Crippen LogP contribution in [0, 0.1) is 6.92 Å². The third-order valence-electron chi connectivity index (χ3n) is 2.51. The van der Waals surface area contributed by atoms with Crippen LogP contribution in [0.15, 0.2) is 30.3 Å². The van der Waals surface area contributed by atoms with Gasteiger partial charge in [0, 0.05) is 0 Å². The van der Waals surface area contributed by atoms with Gasteiger partial charge in [-0.15, -0.1) is 0 Å². The highest BCUT2D eigenvalue weighted by Crippen LogP contribution is 2.26. The number of hydrogen-bond donors (Lipinski definition) is 2. The van der Waals surface area contributed by atoms with Crippen molar-refractivity contribution in [1.29, 1.82) is 0 Å². The van der Waals surface area contributed by atoms with Crippen molar-refractivity contribution >= 4 is 10.8 Å². The van der Waals surface area contributed by atoms with E-state index in [-0.39, 0.29) is 6.61 Å². The Bertz CT molecular complexity index is 475. The molecule has 2 aromatic carbocycles. The number of phenols is 1. The van der Waals surface area contributed by atoms with Gasteiger partial charge in [0.1, 0.15) is 5.75 Å². The second-order valence-electron chi connectivity index (χ2n) is 3.42. The Labute approximate surface area is 82.4 Å². The summed E-state index contributed by atoms with van der Waals surface area (Å²) in [5.74, 6) is 0.299. The molecule has 0 bridgehead atoms. The maximum absolute atomic E-state index is 9.52. The minimum absolute atomic E-state index is 0.0328. The largest absolute Gasteiger partial charge is 0.508 e. The topological polar surface area (TPSA) is 40.5 Å². The van der Waals surface area contributed by atoms with Gasteiger partial charge in [0.15, 0.2) is 0 Å². The Morgan fingerprint density at radius 1 is 1.14 bits per heavy atom. The zero-order valence-corrected chi connectivity index (χ0v) is 7.99. The fourth-order valence-electron chi connectivity index (χ4n) is 1.60.